The smallest absolute Gasteiger partial charge is 0.131 e. The summed E-state index contributed by atoms with van der Waals surface area (Å²) in [6.45, 7) is 5.86. The third-order valence-electron chi connectivity index (χ3n) is 3.26. The molecule has 2 unspecified atom stereocenters. The van der Waals surface area contributed by atoms with Crippen molar-refractivity contribution < 1.29 is 14.6 Å². The monoisotopic (exact) mass is 253 g/mol. The first-order chi connectivity index (χ1) is 8.43. The fraction of sp³-hybridized carbons (Fsp3) is 0.571. The minimum atomic E-state index is -0.746. The van der Waals surface area contributed by atoms with Crippen molar-refractivity contribution in [2.24, 2.45) is 11.7 Å². The first kappa shape index (κ1) is 14.8. The van der Waals surface area contributed by atoms with Crippen LogP contribution in [0.2, 0.25) is 0 Å². The van der Waals surface area contributed by atoms with Crippen molar-refractivity contribution in [3.05, 3.63) is 23.3 Å². The molecule has 4 heteroatoms. The quantitative estimate of drug-likeness (QED) is 0.842. The molecule has 0 fully saturated rings. The number of hydrogen-bond acceptors (Lipinski definition) is 4. The van der Waals surface area contributed by atoms with E-state index in [0.29, 0.717) is 11.3 Å². The Morgan fingerprint density at radius 1 is 1.17 bits per heavy atom. The molecule has 0 amide bonds. The molecule has 102 valence electrons. The molecule has 0 aliphatic heterocycles. The van der Waals surface area contributed by atoms with Crippen molar-refractivity contribution in [2.75, 3.05) is 14.2 Å². The Kier molecular flexibility index (Phi) is 4.99. The van der Waals surface area contributed by atoms with Gasteiger partial charge in [-0.2, -0.15) is 0 Å². The van der Waals surface area contributed by atoms with Gasteiger partial charge in [0.15, 0.2) is 0 Å². The van der Waals surface area contributed by atoms with Crippen LogP contribution in [-0.2, 0) is 0 Å². The van der Waals surface area contributed by atoms with Crippen LogP contribution in [-0.4, -0.2) is 25.4 Å². The van der Waals surface area contributed by atoms with Crippen molar-refractivity contribution in [1.29, 1.82) is 0 Å². The predicted molar refractivity (Wildman–Crippen MR) is 72.1 cm³/mol. The summed E-state index contributed by atoms with van der Waals surface area (Å²) in [5, 5.41) is 10.3. The normalized spacial score (nSPS) is 14.4. The van der Waals surface area contributed by atoms with Gasteiger partial charge in [-0.15, -0.1) is 0 Å². The van der Waals surface area contributed by atoms with Gasteiger partial charge >= 0.3 is 0 Å². The van der Waals surface area contributed by atoms with Gasteiger partial charge in [0, 0.05) is 17.2 Å². The van der Waals surface area contributed by atoms with E-state index in [1.165, 1.54) is 0 Å². The lowest BCUT2D eigenvalue weighted by Crippen LogP contribution is -2.33. The minimum absolute atomic E-state index is 0.187. The van der Waals surface area contributed by atoms with E-state index in [0.717, 1.165) is 11.3 Å². The zero-order chi connectivity index (χ0) is 13.9. The summed E-state index contributed by atoms with van der Waals surface area (Å²) in [6, 6.07) is 3.30. The number of methoxy groups -OCH3 is 2. The highest BCUT2D eigenvalue weighted by atomic mass is 16.5. The van der Waals surface area contributed by atoms with Gasteiger partial charge in [0.2, 0.25) is 0 Å². The molecule has 0 saturated carbocycles. The summed E-state index contributed by atoms with van der Waals surface area (Å²) in [5.74, 6) is 1.56. The van der Waals surface area contributed by atoms with Crippen LogP contribution in [0.15, 0.2) is 12.1 Å². The number of aliphatic hydroxyl groups is 1. The Hall–Kier alpha value is -1.26. The third kappa shape index (κ3) is 2.76. The zero-order valence-electron chi connectivity index (χ0n) is 11.7. The molecule has 1 aromatic rings. The van der Waals surface area contributed by atoms with E-state index < -0.39 is 6.10 Å². The lowest BCUT2D eigenvalue weighted by atomic mass is 9.92. The Morgan fingerprint density at radius 2 is 1.78 bits per heavy atom. The first-order valence-corrected chi connectivity index (χ1v) is 6.09. The van der Waals surface area contributed by atoms with Crippen LogP contribution >= 0.6 is 0 Å². The van der Waals surface area contributed by atoms with E-state index in [-0.39, 0.29) is 12.0 Å². The Morgan fingerprint density at radius 3 is 2.22 bits per heavy atom. The van der Waals surface area contributed by atoms with E-state index in [2.05, 4.69) is 0 Å². The zero-order valence-corrected chi connectivity index (χ0v) is 11.7. The minimum Gasteiger partial charge on any atom is -0.496 e. The second kappa shape index (κ2) is 6.07. The molecule has 2 atom stereocenters. The molecule has 0 saturated heterocycles. The second-order valence-electron chi connectivity index (χ2n) is 4.78. The summed E-state index contributed by atoms with van der Waals surface area (Å²) in [6.07, 6.45) is -0.746. The van der Waals surface area contributed by atoms with Crippen LogP contribution in [0, 0.1) is 12.8 Å². The van der Waals surface area contributed by atoms with Gasteiger partial charge in [0.05, 0.1) is 20.3 Å². The van der Waals surface area contributed by atoms with Gasteiger partial charge < -0.3 is 20.3 Å². The van der Waals surface area contributed by atoms with E-state index in [1.54, 1.807) is 20.3 Å². The molecule has 4 nitrogen and oxygen atoms in total. The molecule has 0 radical (unpaired) electrons. The summed E-state index contributed by atoms with van der Waals surface area (Å²) in [4.78, 5) is 0. The number of rotatable bonds is 5. The van der Waals surface area contributed by atoms with Gasteiger partial charge in [-0.05, 0) is 25.0 Å². The number of ether oxygens (including phenoxy) is 2. The highest BCUT2D eigenvalue weighted by molar-refractivity contribution is 5.50. The molecule has 1 rings (SSSR count). The Bertz CT molecular complexity index is 404. The molecule has 3 N–H and O–H groups in total. The van der Waals surface area contributed by atoms with Crippen molar-refractivity contribution in [3.63, 3.8) is 0 Å². The summed E-state index contributed by atoms with van der Waals surface area (Å²) < 4.78 is 10.6. The first-order valence-electron chi connectivity index (χ1n) is 6.09. The summed E-state index contributed by atoms with van der Waals surface area (Å²) in [7, 11) is 3.19. The molecular weight excluding hydrogens is 230 g/mol. The molecule has 1 aromatic carbocycles. The van der Waals surface area contributed by atoms with Crippen molar-refractivity contribution in [2.45, 2.75) is 32.9 Å². The molecule has 0 aliphatic rings. The van der Waals surface area contributed by atoms with Gasteiger partial charge in [-0.25, -0.2) is 0 Å². The van der Waals surface area contributed by atoms with Gasteiger partial charge in [0.1, 0.15) is 11.5 Å². The summed E-state index contributed by atoms with van der Waals surface area (Å²) >= 11 is 0. The maximum atomic E-state index is 10.3. The average Bonchev–Trinajstić information content (AvgIpc) is 2.36. The van der Waals surface area contributed by atoms with Crippen LogP contribution in [0.3, 0.4) is 0 Å². The molecular formula is C14H23NO3. The van der Waals surface area contributed by atoms with E-state index in [1.807, 2.05) is 26.8 Å². The van der Waals surface area contributed by atoms with Crippen molar-refractivity contribution in [3.8, 4) is 11.5 Å². The molecule has 0 bridgehead atoms. The average molecular weight is 253 g/mol. The second-order valence-corrected chi connectivity index (χ2v) is 4.78. The van der Waals surface area contributed by atoms with Crippen molar-refractivity contribution >= 4 is 0 Å². The third-order valence-corrected chi connectivity index (χ3v) is 3.26. The predicted octanol–water partition coefficient (Wildman–Crippen LogP) is 2.03. The maximum Gasteiger partial charge on any atom is 0.131 e. The van der Waals surface area contributed by atoms with Gasteiger partial charge in [0.25, 0.3) is 0 Å². The molecule has 0 aromatic heterocycles. The lowest BCUT2D eigenvalue weighted by Gasteiger charge is -2.25. The van der Waals surface area contributed by atoms with Crippen LogP contribution < -0.4 is 15.2 Å². The molecule has 0 heterocycles. The maximum absolute atomic E-state index is 10.3. The van der Waals surface area contributed by atoms with Crippen molar-refractivity contribution in [1.82, 2.24) is 0 Å². The number of aliphatic hydroxyl groups excluding tert-OH is 1. The highest BCUT2D eigenvalue weighted by Gasteiger charge is 2.24. The van der Waals surface area contributed by atoms with E-state index >= 15 is 0 Å². The van der Waals surface area contributed by atoms with Gasteiger partial charge in [-0.3, -0.25) is 0 Å². The Balaban J connectivity index is 3.20. The highest BCUT2D eigenvalue weighted by Crippen LogP contribution is 2.36. The molecule has 0 spiro atoms. The number of nitrogens with two attached hydrogens (primary N) is 1. The lowest BCUT2D eigenvalue weighted by molar-refractivity contribution is 0.122. The number of hydrogen-bond donors (Lipinski definition) is 2. The van der Waals surface area contributed by atoms with Gasteiger partial charge in [-0.1, -0.05) is 13.8 Å². The van der Waals surface area contributed by atoms with Crippen LogP contribution in [0.1, 0.15) is 31.1 Å². The number of benzene rings is 1. The fourth-order valence-electron chi connectivity index (χ4n) is 1.99. The fourth-order valence-corrected chi connectivity index (χ4v) is 1.99. The standard InChI is InChI=1S/C14H23NO3/c1-8(2)12(15)13(16)10-6-7-11(17-4)9(3)14(10)18-5/h6-8,12-13,16H,15H2,1-5H3. The van der Waals surface area contributed by atoms with Crippen LogP contribution in [0.25, 0.3) is 0 Å². The van der Waals surface area contributed by atoms with Crippen LogP contribution in [0.5, 0.6) is 11.5 Å². The van der Waals surface area contributed by atoms with Crippen LogP contribution in [0.4, 0.5) is 0 Å². The SMILES string of the molecule is COc1ccc(C(O)C(N)C(C)C)c(OC)c1C. The largest absolute Gasteiger partial charge is 0.496 e. The van der Waals surface area contributed by atoms with E-state index in [9.17, 15) is 5.11 Å². The molecule has 18 heavy (non-hydrogen) atoms. The summed E-state index contributed by atoms with van der Waals surface area (Å²) in [5.41, 5.74) is 7.57. The Labute approximate surface area is 109 Å². The molecule has 0 aliphatic carbocycles. The van der Waals surface area contributed by atoms with E-state index in [4.69, 9.17) is 15.2 Å². The topological polar surface area (TPSA) is 64.7 Å².